The van der Waals surface area contributed by atoms with E-state index in [1.165, 1.54) is 5.56 Å². The van der Waals surface area contributed by atoms with E-state index in [1.807, 2.05) is 16.8 Å². The lowest BCUT2D eigenvalue weighted by molar-refractivity contribution is 0.772. The maximum absolute atomic E-state index is 5.96. The lowest BCUT2D eigenvalue weighted by Gasteiger charge is -2.03. The van der Waals surface area contributed by atoms with E-state index < -0.39 is 0 Å². The monoisotopic (exact) mass is 255 g/mol. The van der Waals surface area contributed by atoms with Crippen LogP contribution in [0, 0.1) is 6.92 Å². The van der Waals surface area contributed by atoms with Crippen molar-refractivity contribution >= 4 is 16.9 Å². The molecule has 98 valence electrons. The van der Waals surface area contributed by atoms with Gasteiger partial charge in [-0.3, -0.25) is 5.10 Å². The van der Waals surface area contributed by atoms with Crippen LogP contribution in [0.4, 0.5) is 5.82 Å². The van der Waals surface area contributed by atoms with Crippen molar-refractivity contribution in [2.24, 2.45) is 0 Å². The van der Waals surface area contributed by atoms with Gasteiger partial charge in [0.15, 0.2) is 5.65 Å². The Morgan fingerprint density at radius 2 is 1.89 bits per heavy atom. The Hall–Kier alpha value is -2.30. The number of H-pyrrole nitrogens is 1. The Bertz CT molecular complexity index is 718. The van der Waals surface area contributed by atoms with Gasteiger partial charge in [-0.05, 0) is 25.0 Å². The molecule has 3 N–H and O–H groups in total. The van der Waals surface area contributed by atoms with Crippen molar-refractivity contribution in [3.8, 4) is 5.69 Å². The average molecular weight is 255 g/mol. The third-order valence-corrected chi connectivity index (χ3v) is 3.27. The maximum atomic E-state index is 5.96. The van der Waals surface area contributed by atoms with Crippen LogP contribution in [0.3, 0.4) is 0 Å². The van der Waals surface area contributed by atoms with Gasteiger partial charge in [0, 0.05) is 0 Å². The van der Waals surface area contributed by atoms with Gasteiger partial charge < -0.3 is 5.73 Å². The number of hydrogen-bond donors (Lipinski definition) is 2. The molecule has 3 rings (SSSR count). The van der Waals surface area contributed by atoms with E-state index >= 15 is 0 Å². The van der Waals surface area contributed by atoms with Crippen LogP contribution >= 0.6 is 0 Å². The number of nitrogens with zero attached hydrogens (tertiary/aromatic N) is 3. The summed E-state index contributed by atoms with van der Waals surface area (Å²) in [6.45, 7) is 6.27. The smallest absolute Gasteiger partial charge is 0.186 e. The van der Waals surface area contributed by atoms with Crippen LogP contribution in [-0.2, 0) is 0 Å². The first kappa shape index (κ1) is 11.8. The van der Waals surface area contributed by atoms with E-state index in [9.17, 15) is 0 Å². The summed E-state index contributed by atoms with van der Waals surface area (Å²) >= 11 is 0. The Kier molecular flexibility index (Phi) is 2.55. The molecule has 19 heavy (non-hydrogen) atoms. The predicted molar refractivity (Wildman–Crippen MR) is 76.5 cm³/mol. The molecule has 0 saturated carbocycles. The molecule has 1 aromatic carbocycles. The van der Waals surface area contributed by atoms with Crippen molar-refractivity contribution in [3.63, 3.8) is 0 Å². The third kappa shape index (κ3) is 1.78. The normalized spacial score (nSPS) is 11.6. The quantitative estimate of drug-likeness (QED) is 0.739. The van der Waals surface area contributed by atoms with Crippen molar-refractivity contribution in [2.75, 3.05) is 5.73 Å². The average Bonchev–Trinajstić information content (AvgIpc) is 2.92. The molecule has 0 bridgehead atoms. The molecule has 0 saturated heterocycles. The minimum atomic E-state index is 0.300. The molecule has 0 amide bonds. The molecule has 5 nitrogen and oxygen atoms in total. The molecule has 0 aliphatic heterocycles. The molecule has 0 unspecified atom stereocenters. The summed E-state index contributed by atoms with van der Waals surface area (Å²) in [7, 11) is 0. The van der Waals surface area contributed by atoms with Crippen LogP contribution in [0.5, 0.6) is 0 Å². The Labute approximate surface area is 111 Å². The summed E-state index contributed by atoms with van der Waals surface area (Å²) < 4.78 is 1.84. The number of benzene rings is 1. The van der Waals surface area contributed by atoms with Crippen molar-refractivity contribution in [1.82, 2.24) is 20.0 Å². The summed E-state index contributed by atoms with van der Waals surface area (Å²) in [6, 6.07) is 8.20. The molecule has 2 heterocycles. The summed E-state index contributed by atoms with van der Waals surface area (Å²) in [4.78, 5) is 0. The van der Waals surface area contributed by atoms with Crippen molar-refractivity contribution in [2.45, 2.75) is 26.7 Å². The summed E-state index contributed by atoms with van der Waals surface area (Å²) in [5.41, 5.74) is 9.93. The Morgan fingerprint density at radius 3 is 2.53 bits per heavy atom. The molecule has 0 fully saturated rings. The highest BCUT2D eigenvalue weighted by atomic mass is 15.4. The fourth-order valence-electron chi connectivity index (χ4n) is 2.23. The van der Waals surface area contributed by atoms with Crippen molar-refractivity contribution in [3.05, 3.63) is 35.5 Å². The first-order valence-electron chi connectivity index (χ1n) is 6.37. The van der Waals surface area contributed by atoms with Crippen LogP contribution in [0.25, 0.3) is 16.7 Å². The number of hydrogen-bond acceptors (Lipinski definition) is 3. The lowest BCUT2D eigenvalue weighted by atomic mass is 10.1. The summed E-state index contributed by atoms with van der Waals surface area (Å²) in [6.07, 6.45) is 0. The van der Waals surface area contributed by atoms with Crippen molar-refractivity contribution < 1.29 is 0 Å². The minimum absolute atomic E-state index is 0.300. The van der Waals surface area contributed by atoms with Gasteiger partial charge in [0.2, 0.25) is 0 Å². The fraction of sp³-hybridized carbons (Fsp3) is 0.286. The van der Waals surface area contributed by atoms with Crippen LogP contribution in [0.2, 0.25) is 0 Å². The van der Waals surface area contributed by atoms with Crippen LogP contribution < -0.4 is 5.73 Å². The molecular weight excluding hydrogens is 238 g/mol. The van der Waals surface area contributed by atoms with Gasteiger partial charge in [0.1, 0.15) is 5.82 Å². The van der Waals surface area contributed by atoms with Gasteiger partial charge >= 0.3 is 0 Å². The Balaban J connectivity index is 2.27. The number of nitrogens with two attached hydrogens (primary N) is 1. The van der Waals surface area contributed by atoms with Crippen LogP contribution in [0.15, 0.2) is 24.3 Å². The number of aromatic nitrogens is 4. The molecule has 5 heteroatoms. The van der Waals surface area contributed by atoms with Crippen molar-refractivity contribution in [1.29, 1.82) is 0 Å². The number of fused-ring (bicyclic) bond motifs is 1. The largest absolute Gasteiger partial charge is 0.383 e. The van der Waals surface area contributed by atoms with E-state index in [-0.39, 0.29) is 0 Å². The second-order valence-electron chi connectivity index (χ2n) is 5.12. The molecule has 0 spiro atoms. The standard InChI is InChI=1S/C14H17N5/c1-8(2)12-11-13(15)16-17-14(11)19(18-12)10-6-4-9(3)5-7-10/h4-8H,1-3H3,(H3,15,16,17). The van der Waals surface area contributed by atoms with E-state index in [0.29, 0.717) is 11.7 Å². The lowest BCUT2D eigenvalue weighted by Crippen LogP contribution is -1.99. The van der Waals surface area contributed by atoms with Gasteiger partial charge in [0.25, 0.3) is 0 Å². The van der Waals surface area contributed by atoms with E-state index in [1.54, 1.807) is 0 Å². The number of anilines is 1. The minimum Gasteiger partial charge on any atom is -0.383 e. The highest BCUT2D eigenvalue weighted by Gasteiger charge is 2.19. The van der Waals surface area contributed by atoms with E-state index in [2.05, 4.69) is 48.2 Å². The molecule has 0 radical (unpaired) electrons. The predicted octanol–water partition coefficient (Wildman–Crippen LogP) is 2.76. The first-order chi connectivity index (χ1) is 9.08. The topological polar surface area (TPSA) is 72.5 Å². The van der Waals surface area contributed by atoms with Gasteiger partial charge in [-0.15, -0.1) is 0 Å². The molecular formula is C14H17N5. The zero-order chi connectivity index (χ0) is 13.6. The first-order valence-corrected chi connectivity index (χ1v) is 6.37. The number of aromatic amines is 1. The third-order valence-electron chi connectivity index (χ3n) is 3.27. The van der Waals surface area contributed by atoms with Gasteiger partial charge in [-0.25, -0.2) is 4.68 Å². The SMILES string of the molecule is Cc1ccc(-n2nc(C(C)C)c3c(N)[nH]nc32)cc1. The second-order valence-corrected chi connectivity index (χ2v) is 5.12. The highest BCUT2D eigenvalue weighted by Crippen LogP contribution is 2.29. The zero-order valence-electron chi connectivity index (χ0n) is 11.3. The van der Waals surface area contributed by atoms with E-state index in [0.717, 1.165) is 22.4 Å². The number of rotatable bonds is 2. The molecule has 0 aliphatic carbocycles. The Morgan fingerprint density at radius 1 is 1.21 bits per heavy atom. The summed E-state index contributed by atoms with van der Waals surface area (Å²) in [5, 5.41) is 12.7. The van der Waals surface area contributed by atoms with Gasteiger partial charge in [0.05, 0.1) is 16.8 Å². The summed E-state index contributed by atoms with van der Waals surface area (Å²) in [5.74, 6) is 0.881. The van der Waals surface area contributed by atoms with Gasteiger partial charge in [-0.1, -0.05) is 31.5 Å². The maximum Gasteiger partial charge on any atom is 0.186 e. The molecule has 3 aromatic rings. The van der Waals surface area contributed by atoms with Crippen LogP contribution in [-0.4, -0.2) is 20.0 Å². The molecule has 2 aromatic heterocycles. The number of aryl methyl sites for hydroxylation is 1. The number of nitrogen functional groups attached to an aromatic ring is 1. The zero-order valence-corrected chi connectivity index (χ0v) is 11.3. The van der Waals surface area contributed by atoms with Gasteiger partial charge in [-0.2, -0.15) is 10.2 Å². The van der Waals surface area contributed by atoms with E-state index in [4.69, 9.17) is 5.73 Å². The van der Waals surface area contributed by atoms with Crippen LogP contribution in [0.1, 0.15) is 31.0 Å². The molecule has 0 aliphatic rings. The second kappa shape index (κ2) is 4.12. The number of nitrogens with one attached hydrogen (secondary N) is 1. The fourth-order valence-corrected chi connectivity index (χ4v) is 2.23. The highest BCUT2D eigenvalue weighted by molar-refractivity contribution is 5.90. The molecule has 0 atom stereocenters.